The van der Waals surface area contributed by atoms with E-state index in [-0.39, 0.29) is 24.9 Å². The van der Waals surface area contributed by atoms with Crippen molar-refractivity contribution >= 4 is 45.1 Å². The summed E-state index contributed by atoms with van der Waals surface area (Å²) in [7, 11) is 1.83. The molecular weight excluding hydrogens is 390 g/mol. The number of nitrogens with one attached hydrogen (secondary N) is 3. The van der Waals surface area contributed by atoms with Crippen LogP contribution in [0.1, 0.15) is 11.1 Å². The average Bonchev–Trinajstić information content (AvgIpc) is 3.09. The van der Waals surface area contributed by atoms with E-state index < -0.39 is 0 Å². The number of amides is 2. The monoisotopic (exact) mass is 416 g/mol. The molecule has 2 amide bonds. The van der Waals surface area contributed by atoms with Gasteiger partial charge in [-0.2, -0.15) is 0 Å². The summed E-state index contributed by atoms with van der Waals surface area (Å²) in [6.45, 7) is 4.38. The number of likely N-dealkylation sites (N-methyl/N-ethyl adjacent to an activating group) is 1. The summed E-state index contributed by atoms with van der Waals surface area (Å²) in [5.41, 5.74) is 5.29. The molecule has 0 spiro atoms. The van der Waals surface area contributed by atoms with Gasteiger partial charge in [-0.25, -0.2) is 0 Å². The summed E-state index contributed by atoms with van der Waals surface area (Å²) < 4.78 is 5.82. The van der Waals surface area contributed by atoms with E-state index in [2.05, 4.69) is 10.6 Å². The first-order valence-corrected chi connectivity index (χ1v) is 10.3. The molecule has 0 aliphatic carbocycles. The Morgan fingerprint density at radius 1 is 0.839 bits per heavy atom. The van der Waals surface area contributed by atoms with E-state index in [9.17, 15) is 9.59 Å². The summed E-state index contributed by atoms with van der Waals surface area (Å²) in [4.78, 5) is 25.7. The standard InChI is InChI=1S/C25H25N3O3/c1-16-7-6-9-21(17(16)2)27-25(30)15-28(3)14-24(29)26-18-11-12-23-20(13-18)19-8-4-5-10-22(19)31-23/h4-13H,14-15H2,1-3H3,(H,26,29)(H,27,30)/p+1. The maximum atomic E-state index is 12.5. The van der Waals surface area contributed by atoms with E-state index in [4.69, 9.17) is 4.42 Å². The summed E-state index contributed by atoms with van der Waals surface area (Å²) in [5.74, 6) is -0.269. The summed E-state index contributed by atoms with van der Waals surface area (Å²) in [6.07, 6.45) is 0. The zero-order chi connectivity index (χ0) is 22.0. The van der Waals surface area contributed by atoms with E-state index >= 15 is 0 Å². The molecule has 1 atom stereocenters. The Balaban J connectivity index is 1.36. The molecule has 0 saturated carbocycles. The maximum absolute atomic E-state index is 12.5. The van der Waals surface area contributed by atoms with E-state index in [1.54, 1.807) is 0 Å². The van der Waals surface area contributed by atoms with Crippen LogP contribution in [0.4, 0.5) is 11.4 Å². The van der Waals surface area contributed by atoms with Gasteiger partial charge < -0.3 is 20.0 Å². The molecule has 0 saturated heterocycles. The van der Waals surface area contributed by atoms with Crippen molar-refractivity contribution in [2.75, 3.05) is 30.8 Å². The molecule has 4 aromatic rings. The number of para-hydroxylation sites is 1. The van der Waals surface area contributed by atoms with Gasteiger partial charge in [-0.1, -0.05) is 30.3 Å². The second kappa shape index (κ2) is 8.62. The fourth-order valence-corrected chi connectivity index (χ4v) is 3.70. The number of aryl methyl sites for hydroxylation is 1. The van der Waals surface area contributed by atoms with Gasteiger partial charge in [-0.3, -0.25) is 9.59 Å². The second-order valence-electron chi connectivity index (χ2n) is 7.96. The number of hydrogen-bond donors (Lipinski definition) is 3. The minimum atomic E-state index is -0.149. The summed E-state index contributed by atoms with van der Waals surface area (Å²) in [6, 6.07) is 19.2. The number of fused-ring (bicyclic) bond motifs is 3. The molecule has 1 heterocycles. The zero-order valence-corrected chi connectivity index (χ0v) is 17.9. The summed E-state index contributed by atoms with van der Waals surface area (Å²) in [5, 5.41) is 7.84. The van der Waals surface area contributed by atoms with Crippen LogP contribution in [0, 0.1) is 13.8 Å². The number of hydrogen-bond acceptors (Lipinski definition) is 3. The molecule has 1 unspecified atom stereocenters. The third-order valence-corrected chi connectivity index (χ3v) is 5.46. The molecule has 158 valence electrons. The minimum Gasteiger partial charge on any atom is -0.456 e. The number of furan rings is 1. The van der Waals surface area contributed by atoms with E-state index in [1.165, 1.54) is 0 Å². The Labute approximate surface area is 180 Å². The van der Waals surface area contributed by atoms with Gasteiger partial charge in [0.05, 0.1) is 7.05 Å². The van der Waals surface area contributed by atoms with Crippen LogP contribution in [-0.4, -0.2) is 32.0 Å². The Hall–Kier alpha value is -3.64. The molecule has 0 radical (unpaired) electrons. The van der Waals surface area contributed by atoms with Gasteiger partial charge in [-0.15, -0.1) is 0 Å². The Kier molecular flexibility index (Phi) is 5.73. The number of carbonyl (C=O) groups excluding carboxylic acids is 2. The second-order valence-corrected chi connectivity index (χ2v) is 7.96. The highest BCUT2D eigenvalue weighted by molar-refractivity contribution is 6.07. The highest BCUT2D eigenvalue weighted by atomic mass is 16.3. The van der Waals surface area contributed by atoms with Crippen molar-refractivity contribution in [3.63, 3.8) is 0 Å². The molecule has 3 aromatic carbocycles. The fourth-order valence-electron chi connectivity index (χ4n) is 3.70. The van der Waals surface area contributed by atoms with Crippen molar-refractivity contribution in [1.29, 1.82) is 0 Å². The van der Waals surface area contributed by atoms with Crippen LogP contribution in [0.5, 0.6) is 0 Å². The predicted molar refractivity (Wildman–Crippen MR) is 124 cm³/mol. The minimum absolute atomic E-state index is 0.120. The van der Waals surface area contributed by atoms with E-state index in [0.717, 1.165) is 43.7 Å². The van der Waals surface area contributed by atoms with Crippen LogP contribution in [0.3, 0.4) is 0 Å². The van der Waals surface area contributed by atoms with Gasteiger partial charge in [0.2, 0.25) is 0 Å². The Morgan fingerprint density at radius 3 is 2.35 bits per heavy atom. The Morgan fingerprint density at radius 2 is 1.55 bits per heavy atom. The molecule has 31 heavy (non-hydrogen) atoms. The number of quaternary nitrogens is 1. The van der Waals surface area contributed by atoms with Gasteiger partial charge in [0.1, 0.15) is 11.2 Å². The van der Waals surface area contributed by atoms with Gasteiger partial charge >= 0.3 is 0 Å². The number of rotatable bonds is 6. The molecular formula is C25H26N3O3+. The number of benzene rings is 3. The first kappa shape index (κ1) is 20.6. The maximum Gasteiger partial charge on any atom is 0.279 e. The van der Waals surface area contributed by atoms with Crippen LogP contribution in [0.2, 0.25) is 0 Å². The van der Waals surface area contributed by atoms with Crippen LogP contribution < -0.4 is 15.5 Å². The molecule has 1 aromatic heterocycles. The zero-order valence-electron chi connectivity index (χ0n) is 17.9. The SMILES string of the molecule is Cc1cccc(NC(=O)C[NH+](C)CC(=O)Nc2ccc3oc4ccccc4c3c2)c1C. The molecule has 3 N–H and O–H groups in total. The smallest absolute Gasteiger partial charge is 0.279 e. The van der Waals surface area contributed by atoms with Gasteiger partial charge in [0.25, 0.3) is 11.8 Å². The van der Waals surface area contributed by atoms with E-state index in [0.29, 0.717) is 5.69 Å². The fraction of sp³-hybridized carbons (Fsp3) is 0.200. The molecule has 0 aliphatic heterocycles. The van der Waals surface area contributed by atoms with Gasteiger partial charge in [0, 0.05) is 22.1 Å². The van der Waals surface area contributed by atoms with Crippen LogP contribution in [-0.2, 0) is 9.59 Å². The quantitative estimate of drug-likeness (QED) is 0.451. The lowest BCUT2D eigenvalue weighted by Crippen LogP contribution is -3.11. The lowest BCUT2D eigenvalue weighted by Gasteiger charge is -2.15. The first-order valence-electron chi connectivity index (χ1n) is 10.3. The highest BCUT2D eigenvalue weighted by Crippen LogP contribution is 2.30. The predicted octanol–water partition coefficient (Wildman–Crippen LogP) is 3.29. The lowest BCUT2D eigenvalue weighted by atomic mass is 10.1. The highest BCUT2D eigenvalue weighted by Gasteiger charge is 2.16. The van der Waals surface area contributed by atoms with Crippen LogP contribution in [0.15, 0.2) is 65.1 Å². The lowest BCUT2D eigenvalue weighted by molar-refractivity contribution is -0.862. The van der Waals surface area contributed by atoms with Crippen molar-refractivity contribution in [2.45, 2.75) is 13.8 Å². The van der Waals surface area contributed by atoms with Crippen molar-refractivity contribution in [3.05, 3.63) is 71.8 Å². The third-order valence-electron chi connectivity index (χ3n) is 5.46. The van der Waals surface area contributed by atoms with Crippen LogP contribution in [0.25, 0.3) is 21.9 Å². The van der Waals surface area contributed by atoms with Gasteiger partial charge in [0.15, 0.2) is 13.1 Å². The van der Waals surface area contributed by atoms with Crippen LogP contribution >= 0.6 is 0 Å². The van der Waals surface area contributed by atoms with E-state index in [1.807, 2.05) is 81.6 Å². The van der Waals surface area contributed by atoms with Gasteiger partial charge in [-0.05, 0) is 55.3 Å². The first-order chi connectivity index (χ1) is 14.9. The molecule has 0 fully saturated rings. The molecule has 0 aliphatic rings. The average molecular weight is 417 g/mol. The van der Waals surface area contributed by atoms with Crippen molar-refractivity contribution < 1.29 is 18.9 Å². The van der Waals surface area contributed by atoms with Crippen molar-refractivity contribution in [2.24, 2.45) is 0 Å². The number of anilines is 2. The molecule has 0 bridgehead atoms. The number of carbonyl (C=O) groups is 2. The Bertz CT molecular complexity index is 1280. The normalized spacial score (nSPS) is 12.1. The van der Waals surface area contributed by atoms with Crippen molar-refractivity contribution in [1.82, 2.24) is 0 Å². The topological polar surface area (TPSA) is 75.8 Å². The third kappa shape index (κ3) is 4.59. The summed E-state index contributed by atoms with van der Waals surface area (Å²) >= 11 is 0. The molecule has 6 nitrogen and oxygen atoms in total. The molecule has 4 rings (SSSR count). The largest absolute Gasteiger partial charge is 0.456 e. The van der Waals surface area contributed by atoms with Crippen molar-refractivity contribution in [3.8, 4) is 0 Å². The molecule has 6 heteroatoms.